The van der Waals surface area contributed by atoms with Crippen LogP contribution < -0.4 is 4.72 Å². The van der Waals surface area contributed by atoms with Gasteiger partial charge in [0.2, 0.25) is 10.0 Å². The molecule has 0 bridgehead atoms. The summed E-state index contributed by atoms with van der Waals surface area (Å²) >= 11 is 0. The van der Waals surface area contributed by atoms with Crippen LogP contribution in [0.5, 0.6) is 0 Å². The molecule has 4 rings (SSSR count). The molecular formula is C19H18F3N3O3S. The molecule has 0 spiro atoms. The van der Waals surface area contributed by atoms with Crippen molar-refractivity contribution in [2.45, 2.75) is 30.6 Å². The van der Waals surface area contributed by atoms with Crippen molar-refractivity contribution in [1.82, 2.24) is 14.5 Å². The van der Waals surface area contributed by atoms with Crippen molar-refractivity contribution in [3.8, 4) is 0 Å². The molecule has 6 nitrogen and oxygen atoms in total. The van der Waals surface area contributed by atoms with E-state index in [2.05, 4.69) is 9.82 Å². The summed E-state index contributed by atoms with van der Waals surface area (Å²) in [4.78, 5) is 0.127. The minimum absolute atomic E-state index is 0.0115. The van der Waals surface area contributed by atoms with Crippen LogP contribution in [0.3, 0.4) is 0 Å². The maximum absolute atomic E-state index is 13.2. The van der Waals surface area contributed by atoms with Crippen molar-refractivity contribution in [2.75, 3.05) is 13.2 Å². The molecule has 1 aliphatic rings. The van der Waals surface area contributed by atoms with Crippen LogP contribution in [0.1, 0.15) is 17.0 Å². The number of hydrogen-bond donors (Lipinski definition) is 1. The molecule has 0 atom stereocenters. The standard InChI is InChI=1S/C19H18F3N3O3S/c20-19(21,22)18-15-12-28-11-8-16(15)25(24-18)10-9-23-29(26,27)17-7-3-5-13-4-1-2-6-14(13)17/h1-7,23H,8-12H2. The highest BCUT2D eigenvalue weighted by Gasteiger charge is 2.39. The SMILES string of the molecule is O=S(=O)(NCCn1nc(C(F)(F)F)c2c1CCOC2)c1cccc2ccccc12. The molecule has 0 unspecified atom stereocenters. The van der Waals surface area contributed by atoms with Crippen molar-refractivity contribution >= 4 is 20.8 Å². The molecule has 1 aromatic heterocycles. The van der Waals surface area contributed by atoms with E-state index in [1.807, 2.05) is 18.2 Å². The van der Waals surface area contributed by atoms with Gasteiger partial charge in [-0.25, -0.2) is 13.1 Å². The number of rotatable bonds is 5. The summed E-state index contributed by atoms with van der Waals surface area (Å²) in [5, 5.41) is 5.04. The summed E-state index contributed by atoms with van der Waals surface area (Å²) in [7, 11) is -3.84. The van der Waals surface area contributed by atoms with E-state index in [4.69, 9.17) is 4.74 Å². The van der Waals surface area contributed by atoms with E-state index >= 15 is 0 Å². The Morgan fingerprint density at radius 3 is 2.69 bits per heavy atom. The number of ether oxygens (including phenoxy) is 1. The summed E-state index contributed by atoms with van der Waals surface area (Å²) in [6.07, 6.45) is -4.28. The Bertz CT molecular complexity index is 1150. The summed E-state index contributed by atoms with van der Waals surface area (Å²) in [5.74, 6) is 0. The van der Waals surface area contributed by atoms with Gasteiger partial charge in [0.25, 0.3) is 0 Å². The van der Waals surface area contributed by atoms with Crippen LogP contribution in [0.25, 0.3) is 10.8 Å². The summed E-state index contributed by atoms with van der Waals surface area (Å²) < 4.78 is 74.0. The predicted octanol–water partition coefficient (Wildman–Crippen LogP) is 3.11. The third kappa shape index (κ3) is 3.87. The number of nitrogens with one attached hydrogen (secondary N) is 1. The maximum Gasteiger partial charge on any atom is 0.435 e. The van der Waals surface area contributed by atoms with Gasteiger partial charge < -0.3 is 4.74 Å². The van der Waals surface area contributed by atoms with E-state index in [-0.39, 0.29) is 30.2 Å². The third-order valence-corrected chi connectivity index (χ3v) is 6.34. The molecule has 0 radical (unpaired) electrons. The van der Waals surface area contributed by atoms with Gasteiger partial charge in [0.1, 0.15) is 0 Å². The van der Waals surface area contributed by atoms with Crippen LogP contribution >= 0.6 is 0 Å². The molecule has 10 heteroatoms. The molecule has 0 aliphatic carbocycles. The molecule has 0 saturated carbocycles. The second-order valence-corrected chi connectivity index (χ2v) is 8.41. The minimum Gasteiger partial charge on any atom is -0.376 e. The fraction of sp³-hybridized carbons (Fsp3) is 0.316. The van der Waals surface area contributed by atoms with Gasteiger partial charge in [-0.2, -0.15) is 18.3 Å². The van der Waals surface area contributed by atoms with Gasteiger partial charge in [0.05, 0.1) is 24.7 Å². The van der Waals surface area contributed by atoms with E-state index < -0.39 is 21.9 Å². The predicted molar refractivity (Wildman–Crippen MR) is 99.7 cm³/mol. The van der Waals surface area contributed by atoms with Crippen molar-refractivity contribution in [2.24, 2.45) is 0 Å². The van der Waals surface area contributed by atoms with Gasteiger partial charge in [0.15, 0.2) is 5.69 Å². The average Bonchev–Trinajstić information content (AvgIpc) is 3.07. The monoisotopic (exact) mass is 425 g/mol. The number of alkyl halides is 3. The highest BCUT2D eigenvalue weighted by atomic mass is 32.2. The van der Waals surface area contributed by atoms with Crippen molar-refractivity contribution < 1.29 is 26.3 Å². The van der Waals surface area contributed by atoms with E-state index in [0.717, 1.165) is 5.39 Å². The largest absolute Gasteiger partial charge is 0.435 e. The fourth-order valence-corrected chi connectivity index (χ4v) is 4.76. The fourth-order valence-electron chi connectivity index (χ4n) is 3.51. The molecule has 3 aromatic rings. The Morgan fingerprint density at radius 2 is 1.90 bits per heavy atom. The molecular weight excluding hydrogens is 407 g/mol. The van der Waals surface area contributed by atoms with Crippen LogP contribution in [0, 0.1) is 0 Å². The topological polar surface area (TPSA) is 73.2 Å². The van der Waals surface area contributed by atoms with Crippen molar-refractivity contribution in [3.63, 3.8) is 0 Å². The van der Waals surface area contributed by atoms with Gasteiger partial charge in [-0.3, -0.25) is 4.68 Å². The Labute approximate surface area is 165 Å². The second-order valence-electron chi connectivity index (χ2n) is 6.67. The van der Waals surface area contributed by atoms with Crippen LogP contribution in [0.2, 0.25) is 0 Å². The number of nitrogens with zero attached hydrogens (tertiary/aromatic N) is 2. The molecule has 2 aromatic carbocycles. The number of aromatic nitrogens is 2. The third-order valence-electron chi connectivity index (χ3n) is 4.82. The van der Waals surface area contributed by atoms with Gasteiger partial charge in [-0.1, -0.05) is 36.4 Å². The van der Waals surface area contributed by atoms with Gasteiger partial charge in [-0.15, -0.1) is 0 Å². The highest BCUT2D eigenvalue weighted by Crippen LogP contribution is 2.34. The molecule has 0 fully saturated rings. The first-order chi connectivity index (χ1) is 13.8. The Morgan fingerprint density at radius 1 is 1.14 bits per heavy atom. The molecule has 1 N–H and O–H groups in total. The molecule has 2 heterocycles. The zero-order valence-corrected chi connectivity index (χ0v) is 16.1. The van der Waals surface area contributed by atoms with Crippen LogP contribution in [0.4, 0.5) is 13.2 Å². The average molecular weight is 425 g/mol. The second kappa shape index (κ2) is 7.43. The highest BCUT2D eigenvalue weighted by molar-refractivity contribution is 7.89. The van der Waals surface area contributed by atoms with Crippen LogP contribution in [-0.4, -0.2) is 31.3 Å². The maximum atomic E-state index is 13.2. The van der Waals surface area contributed by atoms with Gasteiger partial charge >= 0.3 is 6.18 Å². The number of fused-ring (bicyclic) bond motifs is 2. The van der Waals surface area contributed by atoms with Gasteiger partial charge in [0, 0.05) is 29.6 Å². The Kier molecular flexibility index (Phi) is 5.09. The number of sulfonamides is 1. The summed E-state index contributed by atoms with van der Waals surface area (Å²) in [5.41, 5.74) is -0.502. The molecule has 0 saturated heterocycles. The van der Waals surface area contributed by atoms with Crippen molar-refractivity contribution in [1.29, 1.82) is 0 Å². The number of halogens is 3. The van der Waals surface area contributed by atoms with E-state index in [1.165, 1.54) is 10.7 Å². The van der Waals surface area contributed by atoms with Gasteiger partial charge in [-0.05, 0) is 11.5 Å². The zero-order chi connectivity index (χ0) is 20.6. The lowest BCUT2D eigenvalue weighted by Crippen LogP contribution is -2.28. The Balaban J connectivity index is 1.55. The normalized spacial score (nSPS) is 14.9. The Hall–Kier alpha value is -2.43. The zero-order valence-electron chi connectivity index (χ0n) is 15.2. The quantitative estimate of drug-likeness (QED) is 0.682. The molecule has 1 aliphatic heterocycles. The summed E-state index contributed by atoms with van der Waals surface area (Å²) in [6, 6.07) is 12.0. The molecule has 0 amide bonds. The number of hydrogen-bond acceptors (Lipinski definition) is 4. The van der Waals surface area contributed by atoms with Crippen LogP contribution in [-0.2, 0) is 40.5 Å². The lowest BCUT2D eigenvalue weighted by atomic mass is 10.1. The van der Waals surface area contributed by atoms with E-state index in [0.29, 0.717) is 24.1 Å². The first-order valence-corrected chi connectivity index (χ1v) is 10.5. The van der Waals surface area contributed by atoms with E-state index in [9.17, 15) is 21.6 Å². The smallest absolute Gasteiger partial charge is 0.376 e. The first-order valence-electron chi connectivity index (χ1n) is 8.98. The molecule has 154 valence electrons. The lowest BCUT2D eigenvalue weighted by molar-refractivity contribution is -0.142. The summed E-state index contributed by atoms with van der Waals surface area (Å²) in [6.45, 7) is 0.0594. The van der Waals surface area contributed by atoms with Crippen molar-refractivity contribution in [3.05, 3.63) is 59.4 Å². The number of benzene rings is 2. The first kappa shape index (κ1) is 19.9. The van der Waals surface area contributed by atoms with E-state index in [1.54, 1.807) is 18.2 Å². The lowest BCUT2D eigenvalue weighted by Gasteiger charge is -2.16. The minimum atomic E-state index is -4.58. The molecule has 29 heavy (non-hydrogen) atoms. The van der Waals surface area contributed by atoms with Crippen LogP contribution in [0.15, 0.2) is 47.4 Å².